The average Bonchev–Trinajstić information content (AvgIpc) is 2.48. The zero-order valence-corrected chi connectivity index (χ0v) is 8.66. The summed E-state index contributed by atoms with van der Waals surface area (Å²) in [5.74, 6) is 1.25. The highest BCUT2D eigenvalue weighted by atomic mass is 16.5. The van der Waals surface area contributed by atoms with Crippen LogP contribution in [0.25, 0.3) is 0 Å². The monoisotopic (exact) mass is 183 g/mol. The highest BCUT2D eigenvalue weighted by molar-refractivity contribution is 4.97. The van der Waals surface area contributed by atoms with Gasteiger partial charge in [-0.15, -0.1) is 0 Å². The van der Waals surface area contributed by atoms with Crippen LogP contribution in [-0.4, -0.2) is 10.1 Å². The molecule has 0 bridgehead atoms. The van der Waals surface area contributed by atoms with Gasteiger partial charge in [-0.25, -0.2) is 0 Å². The Hall–Kier alpha value is -0.900. The third-order valence-electron chi connectivity index (χ3n) is 2.00. The van der Waals surface area contributed by atoms with Crippen molar-refractivity contribution in [2.45, 2.75) is 40.2 Å². The minimum absolute atomic E-state index is 0.0329. The maximum atomic E-state index is 5.96. The lowest BCUT2D eigenvalue weighted by atomic mass is 9.87. The Morgan fingerprint density at radius 3 is 2.46 bits per heavy atom. The number of rotatable bonds is 2. The molecule has 1 rings (SSSR count). The van der Waals surface area contributed by atoms with Gasteiger partial charge in [0, 0.05) is 6.42 Å². The Kier molecular flexibility index (Phi) is 2.71. The quantitative estimate of drug-likeness (QED) is 0.757. The van der Waals surface area contributed by atoms with Crippen LogP contribution in [0.3, 0.4) is 0 Å². The molecule has 0 aromatic carbocycles. The van der Waals surface area contributed by atoms with Gasteiger partial charge >= 0.3 is 0 Å². The Labute approximate surface area is 78.5 Å². The van der Waals surface area contributed by atoms with Crippen LogP contribution >= 0.6 is 0 Å². The van der Waals surface area contributed by atoms with Crippen molar-refractivity contribution in [2.24, 2.45) is 11.1 Å². The summed E-state index contributed by atoms with van der Waals surface area (Å²) >= 11 is 0. The van der Waals surface area contributed by atoms with Crippen molar-refractivity contribution in [1.82, 2.24) is 10.1 Å². The summed E-state index contributed by atoms with van der Waals surface area (Å²) in [4.78, 5) is 4.19. The highest BCUT2D eigenvalue weighted by Gasteiger charge is 2.26. The molecular formula is C9H17N3O. The first-order valence-electron chi connectivity index (χ1n) is 4.53. The molecule has 4 heteroatoms. The summed E-state index contributed by atoms with van der Waals surface area (Å²) in [7, 11) is 0. The molecule has 2 N–H and O–H groups in total. The normalized spacial score (nSPS) is 14.5. The lowest BCUT2D eigenvalue weighted by Gasteiger charge is -2.23. The van der Waals surface area contributed by atoms with Crippen LogP contribution in [0, 0.1) is 5.41 Å². The van der Waals surface area contributed by atoms with E-state index in [9.17, 15) is 0 Å². The maximum absolute atomic E-state index is 5.96. The number of aryl methyl sites for hydroxylation is 1. The first kappa shape index (κ1) is 10.2. The van der Waals surface area contributed by atoms with E-state index in [1.54, 1.807) is 0 Å². The van der Waals surface area contributed by atoms with Gasteiger partial charge in [0.2, 0.25) is 5.89 Å². The van der Waals surface area contributed by atoms with Crippen LogP contribution in [0.2, 0.25) is 0 Å². The van der Waals surface area contributed by atoms with Gasteiger partial charge in [-0.2, -0.15) is 4.98 Å². The van der Waals surface area contributed by atoms with Crippen molar-refractivity contribution in [3.8, 4) is 0 Å². The van der Waals surface area contributed by atoms with E-state index in [1.165, 1.54) is 0 Å². The molecule has 0 aliphatic carbocycles. The van der Waals surface area contributed by atoms with E-state index >= 15 is 0 Å². The van der Waals surface area contributed by atoms with Gasteiger partial charge in [0.05, 0.1) is 6.04 Å². The highest BCUT2D eigenvalue weighted by Crippen LogP contribution is 2.28. The summed E-state index contributed by atoms with van der Waals surface area (Å²) in [6.07, 6.45) is 0.754. The fraction of sp³-hybridized carbons (Fsp3) is 0.778. The van der Waals surface area contributed by atoms with E-state index in [0.29, 0.717) is 11.7 Å². The summed E-state index contributed by atoms with van der Waals surface area (Å²) in [5.41, 5.74) is 5.92. The van der Waals surface area contributed by atoms with Crippen molar-refractivity contribution in [3.63, 3.8) is 0 Å². The van der Waals surface area contributed by atoms with Gasteiger partial charge in [-0.1, -0.05) is 32.9 Å². The minimum atomic E-state index is -0.170. The van der Waals surface area contributed by atoms with Crippen molar-refractivity contribution in [2.75, 3.05) is 0 Å². The smallest absolute Gasteiger partial charge is 0.226 e. The molecule has 0 spiro atoms. The second kappa shape index (κ2) is 3.46. The van der Waals surface area contributed by atoms with Crippen molar-refractivity contribution in [3.05, 3.63) is 11.7 Å². The molecule has 0 aliphatic rings. The predicted molar refractivity (Wildman–Crippen MR) is 50.1 cm³/mol. The van der Waals surface area contributed by atoms with Gasteiger partial charge < -0.3 is 10.3 Å². The van der Waals surface area contributed by atoms with Crippen LogP contribution in [0.5, 0.6) is 0 Å². The van der Waals surface area contributed by atoms with Gasteiger partial charge in [0.1, 0.15) is 0 Å². The van der Waals surface area contributed by atoms with E-state index in [4.69, 9.17) is 10.3 Å². The zero-order chi connectivity index (χ0) is 10.1. The topological polar surface area (TPSA) is 64.9 Å². The summed E-state index contributed by atoms with van der Waals surface area (Å²) in [6, 6.07) is -0.170. The van der Waals surface area contributed by atoms with Crippen molar-refractivity contribution >= 4 is 0 Å². The molecule has 0 radical (unpaired) electrons. The standard InChI is InChI=1S/C9H17N3O/c1-5-6-11-8(12-13-6)7(10)9(2,3)4/h7H,5,10H2,1-4H3. The molecule has 1 heterocycles. The Bertz CT molecular complexity index is 275. The second-order valence-corrected chi connectivity index (χ2v) is 4.24. The molecular weight excluding hydrogens is 166 g/mol. The number of hydrogen-bond donors (Lipinski definition) is 1. The number of aromatic nitrogens is 2. The zero-order valence-electron chi connectivity index (χ0n) is 8.66. The fourth-order valence-corrected chi connectivity index (χ4v) is 0.925. The lowest BCUT2D eigenvalue weighted by Crippen LogP contribution is -2.27. The molecule has 0 saturated heterocycles. The fourth-order valence-electron chi connectivity index (χ4n) is 0.925. The van der Waals surface area contributed by atoms with E-state index < -0.39 is 0 Å². The molecule has 0 saturated carbocycles. The molecule has 1 atom stereocenters. The maximum Gasteiger partial charge on any atom is 0.226 e. The Morgan fingerprint density at radius 1 is 1.46 bits per heavy atom. The summed E-state index contributed by atoms with van der Waals surface area (Å²) in [5, 5.41) is 3.84. The largest absolute Gasteiger partial charge is 0.339 e. The molecule has 1 unspecified atom stereocenters. The molecule has 0 fully saturated rings. The van der Waals surface area contributed by atoms with Gasteiger partial charge in [-0.3, -0.25) is 0 Å². The molecule has 1 aromatic rings. The van der Waals surface area contributed by atoms with E-state index in [1.807, 2.05) is 6.92 Å². The molecule has 0 amide bonds. The first-order chi connectivity index (χ1) is 5.95. The van der Waals surface area contributed by atoms with Crippen LogP contribution in [-0.2, 0) is 6.42 Å². The van der Waals surface area contributed by atoms with Crippen LogP contribution in [0.15, 0.2) is 4.52 Å². The third-order valence-corrected chi connectivity index (χ3v) is 2.00. The Balaban J connectivity index is 2.83. The van der Waals surface area contributed by atoms with E-state index in [-0.39, 0.29) is 11.5 Å². The molecule has 0 aliphatic heterocycles. The summed E-state index contributed by atoms with van der Waals surface area (Å²) in [6.45, 7) is 8.14. The SMILES string of the molecule is CCc1nc(C(N)C(C)(C)C)no1. The third kappa shape index (κ3) is 2.28. The second-order valence-electron chi connectivity index (χ2n) is 4.24. The molecule has 1 aromatic heterocycles. The minimum Gasteiger partial charge on any atom is -0.339 e. The van der Waals surface area contributed by atoms with Crippen molar-refractivity contribution < 1.29 is 4.52 Å². The van der Waals surface area contributed by atoms with Crippen molar-refractivity contribution in [1.29, 1.82) is 0 Å². The molecule has 13 heavy (non-hydrogen) atoms. The van der Waals surface area contributed by atoms with Gasteiger partial charge in [-0.05, 0) is 5.41 Å². The number of hydrogen-bond acceptors (Lipinski definition) is 4. The first-order valence-corrected chi connectivity index (χ1v) is 4.53. The summed E-state index contributed by atoms with van der Waals surface area (Å²) < 4.78 is 4.99. The van der Waals surface area contributed by atoms with E-state index in [0.717, 1.165) is 6.42 Å². The van der Waals surface area contributed by atoms with Crippen LogP contribution < -0.4 is 5.73 Å². The molecule has 4 nitrogen and oxygen atoms in total. The predicted octanol–water partition coefficient (Wildman–Crippen LogP) is 1.68. The Morgan fingerprint density at radius 2 is 2.08 bits per heavy atom. The lowest BCUT2D eigenvalue weighted by molar-refractivity contribution is 0.300. The van der Waals surface area contributed by atoms with Crippen LogP contribution in [0.1, 0.15) is 45.5 Å². The average molecular weight is 183 g/mol. The van der Waals surface area contributed by atoms with Gasteiger partial charge in [0.25, 0.3) is 0 Å². The molecule has 74 valence electrons. The van der Waals surface area contributed by atoms with Crippen LogP contribution in [0.4, 0.5) is 0 Å². The van der Waals surface area contributed by atoms with E-state index in [2.05, 4.69) is 30.9 Å². The number of nitrogens with two attached hydrogens (primary N) is 1. The van der Waals surface area contributed by atoms with Gasteiger partial charge in [0.15, 0.2) is 5.82 Å². The number of nitrogens with zero attached hydrogens (tertiary/aromatic N) is 2.